The van der Waals surface area contributed by atoms with Gasteiger partial charge in [0.25, 0.3) is 0 Å². The molecule has 1 aromatic rings. The van der Waals surface area contributed by atoms with Crippen LogP contribution in [0.2, 0.25) is 0 Å². The highest BCUT2D eigenvalue weighted by atomic mass is 32.2. The van der Waals surface area contributed by atoms with E-state index in [4.69, 9.17) is 5.73 Å². The van der Waals surface area contributed by atoms with Gasteiger partial charge in [-0.3, -0.25) is 0 Å². The second-order valence-corrected chi connectivity index (χ2v) is 8.30. The van der Waals surface area contributed by atoms with Gasteiger partial charge >= 0.3 is 0 Å². The third-order valence-electron chi connectivity index (χ3n) is 3.59. The van der Waals surface area contributed by atoms with E-state index in [-0.39, 0.29) is 11.2 Å². The standard InChI is InChI=1S/C16H28N2O2S/c1-5-11-21(19,20)15-9-7-14(8-10-15)18(6-2)13-16(3,4)12-17/h7-10H,5-6,11-13,17H2,1-4H3. The van der Waals surface area contributed by atoms with Gasteiger partial charge in [-0.1, -0.05) is 20.8 Å². The van der Waals surface area contributed by atoms with E-state index in [1.807, 2.05) is 19.1 Å². The van der Waals surface area contributed by atoms with Crippen LogP contribution in [0.3, 0.4) is 0 Å². The van der Waals surface area contributed by atoms with Gasteiger partial charge in [0.15, 0.2) is 9.84 Å². The molecule has 0 heterocycles. The Balaban J connectivity index is 2.95. The Bertz CT molecular complexity index is 536. The van der Waals surface area contributed by atoms with Crippen LogP contribution >= 0.6 is 0 Å². The van der Waals surface area contributed by atoms with Crippen LogP contribution in [0.5, 0.6) is 0 Å². The van der Waals surface area contributed by atoms with Crippen molar-refractivity contribution in [2.75, 3.05) is 30.3 Å². The van der Waals surface area contributed by atoms with Crippen LogP contribution in [0.4, 0.5) is 5.69 Å². The van der Waals surface area contributed by atoms with Crippen molar-refractivity contribution in [1.82, 2.24) is 0 Å². The fraction of sp³-hybridized carbons (Fsp3) is 0.625. The van der Waals surface area contributed by atoms with Gasteiger partial charge in [-0.05, 0) is 49.6 Å². The lowest BCUT2D eigenvalue weighted by Gasteiger charge is -2.32. The molecule has 0 atom stereocenters. The van der Waals surface area contributed by atoms with Crippen molar-refractivity contribution >= 4 is 15.5 Å². The van der Waals surface area contributed by atoms with Gasteiger partial charge in [0.05, 0.1) is 10.6 Å². The van der Waals surface area contributed by atoms with Crippen LogP contribution in [-0.2, 0) is 9.84 Å². The topological polar surface area (TPSA) is 63.4 Å². The third kappa shape index (κ3) is 5.00. The second kappa shape index (κ2) is 7.27. The molecule has 2 N–H and O–H groups in total. The molecule has 0 unspecified atom stereocenters. The summed E-state index contributed by atoms with van der Waals surface area (Å²) in [6.07, 6.45) is 0.635. The van der Waals surface area contributed by atoms with Gasteiger partial charge in [-0.25, -0.2) is 8.42 Å². The maximum atomic E-state index is 12.0. The van der Waals surface area contributed by atoms with E-state index < -0.39 is 9.84 Å². The SMILES string of the molecule is CCCS(=O)(=O)c1ccc(N(CC)CC(C)(C)CN)cc1. The van der Waals surface area contributed by atoms with E-state index in [0.29, 0.717) is 17.9 Å². The van der Waals surface area contributed by atoms with E-state index in [2.05, 4.69) is 25.7 Å². The van der Waals surface area contributed by atoms with E-state index in [9.17, 15) is 8.42 Å². The van der Waals surface area contributed by atoms with E-state index in [1.54, 1.807) is 12.1 Å². The summed E-state index contributed by atoms with van der Waals surface area (Å²) in [6, 6.07) is 7.19. The molecule has 21 heavy (non-hydrogen) atoms. The van der Waals surface area contributed by atoms with Crippen LogP contribution in [0.15, 0.2) is 29.2 Å². The Hall–Kier alpha value is -1.07. The number of nitrogens with two attached hydrogens (primary N) is 1. The number of anilines is 1. The van der Waals surface area contributed by atoms with E-state index in [1.165, 1.54) is 0 Å². The number of sulfone groups is 1. The number of hydrogen-bond acceptors (Lipinski definition) is 4. The van der Waals surface area contributed by atoms with Crippen LogP contribution in [-0.4, -0.2) is 33.8 Å². The fourth-order valence-electron chi connectivity index (χ4n) is 2.22. The molecular formula is C16H28N2O2S. The van der Waals surface area contributed by atoms with Crippen LogP contribution < -0.4 is 10.6 Å². The smallest absolute Gasteiger partial charge is 0.178 e. The largest absolute Gasteiger partial charge is 0.371 e. The zero-order valence-corrected chi connectivity index (χ0v) is 14.4. The Morgan fingerprint density at radius 2 is 1.71 bits per heavy atom. The predicted molar refractivity (Wildman–Crippen MR) is 89.5 cm³/mol. The van der Waals surface area contributed by atoms with Crippen molar-refractivity contribution in [3.63, 3.8) is 0 Å². The van der Waals surface area contributed by atoms with E-state index >= 15 is 0 Å². The molecule has 0 fully saturated rings. The zero-order chi connectivity index (χ0) is 16.1. The summed E-state index contributed by atoms with van der Waals surface area (Å²) < 4.78 is 24.1. The fourth-order valence-corrected chi connectivity index (χ4v) is 3.54. The lowest BCUT2D eigenvalue weighted by atomic mass is 9.93. The molecule has 1 rings (SSSR count). The molecule has 0 saturated carbocycles. The minimum Gasteiger partial charge on any atom is -0.371 e. The summed E-state index contributed by atoms with van der Waals surface area (Å²) in [7, 11) is -3.14. The number of nitrogens with zero attached hydrogens (tertiary/aromatic N) is 1. The molecular weight excluding hydrogens is 284 g/mol. The first-order valence-corrected chi connectivity index (χ1v) is 9.19. The highest BCUT2D eigenvalue weighted by Crippen LogP contribution is 2.23. The van der Waals surface area contributed by atoms with Gasteiger partial charge in [0.2, 0.25) is 0 Å². The molecule has 120 valence electrons. The second-order valence-electron chi connectivity index (χ2n) is 6.20. The monoisotopic (exact) mass is 312 g/mol. The van der Waals surface area contributed by atoms with Crippen molar-refractivity contribution in [2.45, 2.75) is 39.0 Å². The van der Waals surface area contributed by atoms with Crippen molar-refractivity contribution in [2.24, 2.45) is 11.1 Å². The van der Waals surface area contributed by atoms with Crippen LogP contribution in [0.25, 0.3) is 0 Å². The van der Waals surface area contributed by atoms with Crippen molar-refractivity contribution in [3.05, 3.63) is 24.3 Å². The normalized spacial score (nSPS) is 12.4. The summed E-state index contributed by atoms with van der Waals surface area (Å²) in [5, 5.41) is 0. The minimum absolute atomic E-state index is 0.0307. The Morgan fingerprint density at radius 1 is 1.14 bits per heavy atom. The Morgan fingerprint density at radius 3 is 2.14 bits per heavy atom. The zero-order valence-electron chi connectivity index (χ0n) is 13.6. The molecule has 0 saturated heterocycles. The summed E-state index contributed by atoms with van der Waals surface area (Å²) in [5.74, 6) is 0.198. The Kier molecular flexibility index (Phi) is 6.23. The molecule has 0 aliphatic heterocycles. The van der Waals surface area contributed by atoms with Crippen molar-refractivity contribution < 1.29 is 8.42 Å². The van der Waals surface area contributed by atoms with Gasteiger partial charge in [-0.2, -0.15) is 0 Å². The summed E-state index contributed by atoms with van der Waals surface area (Å²) in [5.41, 5.74) is 6.86. The highest BCUT2D eigenvalue weighted by molar-refractivity contribution is 7.91. The van der Waals surface area contributed by atoms with Crippen LogP contribution in [0, 0.1) is 5.41 Å². The predicted octanol–water partition coefficient (Wildman–Crippen LogP) is 2.68. The van der Waals surface area contributed by atoms with Crippen molar-refractivity contribution in [3.8, 4) is 0 Å². The lowest BCUT2D eigenvalue weighted by molar-refractivity contribution is 0.380. The van der Waals surface area contributed by atoms with Gasteiger partial charge in [0.1, 0.15) is 0 Å². The Labute approximate surface area is 129 Å². The highest BCUT2D eigenvalue weighted by Gasteiger charge is 2.20. The maximum absolute atomic E-state index is 12.0. The molecule has 0 amide bonds. The summed E-state index contributed by atoms with van der Waals surface area (Å²) >= 11 is 0. The molecule has 0 aliphatic carbocycles. The first-order valence-electron chi connectivity index (χ1n) is 7.53. The molecule has 0 bridgehead atoms. The first-order chi connectivity index (χ1) is 9.75. The molecule has 0 spiro atoms. The summed E-state index contributed by atoms with van der Waals surface area (Å²) in [6.45, 7) is 10.6. The number of benzene rings is 1. The number of rotatable bonds is 8. The average Bonchev–Trinajstić information content (AvgIpc) is 2.45. The quantitative estimate of drug-likeness (QED) is 0.801. The molecule has 4 nitrogen and oxygen atoms in total. The molecule has 5 heteroatoms. The van der Waals surface area contributed by atoms with Crippen molar-refractivity contribution in [1.29, 1.82) is 0 Å². The maximum Gasteiger partial charge on any atom is 0.178 e. The van der Waals surface area contributed by atoms with Gasteiger partial charge in [0, 0.05) is 18.8 Å². The van der Waals surface area contributed by atoms with Crippen LogP contribution in [0.1, 0.15) is 34.1 Å². The average molecular weight is 312 g/mol. The van der Waals surface area contributed by atoms with Gasteiger partial charge < -0.3 is 10.6 Å². The molecule has 1 aromatic carbocycles. The minimum atomic E-state index is -3.14. The summed E-state index contributed by atoms with van der Waals surface area (Å²) in [4.78, 5) is 2.63. The lowest BCUT2D eigenvalue weighted by Crippen LogP contribution is -2.38. The molecule has 0 aromatic heterocycles. The number of hydrogen-bond donors (Lipinski definition) is 1. The van der Waals surface area contributed by atoms with Gasteiger partial charge in [-0.15, -0.1) is 0 Å². The van der Waals surface area contributed by atoms with E-state index in [0.717, 1.165) is 18.8 Å². The molecule has 0 aliphatic rings. The third-order valence-corrected chi connectivity index (χ3v) is 5.52. The first kappa shape index (κ1) is 18.0. The molecule has 0 radical (unpaired) electrons.